The Kier molecular flexibility index (Phi) is 5.13. The first-order valence-electron chi connectivity index (χ1n) is 8.04. The third-order valence-corrected chi connectivity index (χ3v) is 3.99. The summed E-state index contributed by atoms with van der Waals surface area (Å²) in [7, 11) is 1.55. The van der Waals surface area contributed by atoms with E-state index in [1.165, 1.54) is 0 Å². The minimum absolute atomic E-state index is 0.0101. The molecule has 1 aliphatic rings. The number of nitrogens with one attached hydrogen (secondary N) is 2. The van der Waals surface area contributed by atoms with E-state index >= 15 is 0 Å². The van der Waals surface area contributed by atoms with Crippen LogP contribution in [-0.4, -0.2) is 36.6 Å². The van der Waals surface area contributed by atoms with Crippen molar-refractivity contribution in [2.45, 2.75) is 19.0 Å². The van der Waals surface area contributed by atoms with Crippen LogP contribution in [-0.2, 0) is 11.3 Å². The van der Waals surface area contributed by atoms with Gasteiger partial charge in [-0.1, -0.05) is 24.3 Å². The van der Waals surface area contributed by atoms with Gasteiger partial charge >= 0.3 is 6.03 Å². The molecule has 1 atom stereocenters. The first-order valence-corrected chi connectivity index (χ1v) is 8.04. The van der Waals surface area contributed by atoms with Crippen molar-refractivity contribution < 1.29 is 14.3 Å². The highest BCUT2D eigenvalue weighted by atomic mass is 16.5. The minimum Gasteiger partial charge on any atom is -0.481 e. The highest BCUT2D eigenvalue weighted by Gasteiger charge is 2.31. The summed E-state index contributed by atoms with van der Waals surface area (Å²) in [6.07, 6.45) is 1.95. The smallest absolute Gasteiger partial charge is 0.315 e. The number of anilines is 1. The standard InChI is InChI=1S/C18H20N4O3/c1-25-16-8-7-13(10-19-16)11-20-18(24)21-14-9-17(23)22(12-14)15-5-3-2-4-6-15/h2-8,10,14H,9,11-12H2,1H3,(H2,20,21,24)/t14-/m0/s1. The highest BCUT2D eigenvalue weighted by molar-refractivity contribution is 5.96. The number of hydrogen-bond donors (Lipinski definition) is 2. The predicted molar refractivity (Wildman–Crippen MR) is 93.4 cm³/mol. The van der Waals surface area contributed by atoms with Crippen LogP contribution in [0.15, 0.2) is 48.7 Å². The molecule has 1 aromatic carbocycles. The van der Waals surface area contributed by atoms with Crippen LogP contribution in [0.1, 0.15) is 12.0 Å². The molecule has 1 aliphatic heterocycles. The van der Waals surface area contributed by atoms with Gasteiger partial charge in [-0.25, -0.2) is 9.78 Å². The minimum atomic E-state index is -0.302. The fourth-order valence-corrected chi connectivity index (χ4v) is 2.72. The molecule has 2 heterocycles. The lowest BCUT2D eigenvalue weighted by Gasteiger charge is -2.17. The molecule has 0 aliphatic carbocycles. The number of nitrogens with zero attached hydrogens (tertiary/aromatic N) is 2. The molecule has 25 heavy (non-hydrogen) atoms. The molecule has 0 saturated carbocycles. The molecule has 3 rings (SSSR count). The van der Waals surface area contributed by atoms with Crippen LogP contribution in [0.3, 0.4) is 0 Å². The Balaban J connectivity index is 1.49. The van der Waals surface area contributed by atoms with Crippen LogP contribution in [0.25, 0.3) is 0 Å². The summed E-state index contributed by atoms with van der Waals surface area (Å²) >= 11 is 0. The van der Waals surface area contributed by atoms with E-state index in [0.717, 1.165) is 11.3 Å². The number of ether oxygens (including phenoxy) is 1. The summed E-state index contributed by atoms with van der Waals surface area (Å²) < 4.78 is 4.99. The van der Waals surface area contributed by atoms with Crippen molar-refractivity contribution in [1.29, 1.82) is 0 Å². The van der Waals surface area contributed by atoms with Gasteiger partial charge in [0.05, 0.1) is 13.2 Å². The fourth-order valence-electron chi connectivity index (χ4n) is 2.72. The number of aromatic nitrogens is 1. The van der Waals surface area contributed by atoms with Crippen LogP contribution in [0.5, 0.6) is 5.88 Å². The van der Waals surface area contributed by atoms with Crippen LogP contribution < -0.4 is 20.3 Å². The number of amides is 3. The predicted octanol–water partition coefficient (Wildman–Crippen LogP) is 1.69. The number of rotatable bonds is 5. The van der Waals surface area contributed by atoms with Crippen molar-refractivity contribution in [3.8, 4) is 5.88 Å². The van der Waals surface area contributed by atoms with Gasteiger partial charge in [-0.15, -0.1) is 0 Å². The van der Waals surface area contributed by atoms with Crippen LogP contribution in [0.4, 0.5) is 10.5 Å². The van der Waals surface area contributed by atoms with Crippen molar-refractivity contribution in [1.82, 2.24) is 15.6 Å². The van der Waals surface area contributed by atoms with E-state index in [-0.39, 0.29) is 18.0 Å². The maximum Gasteiger partial charge on any atom is 0.315 e. The van der Waals surface area contributed by atoms with Gasteiger partial charge in [0, 0.05) is 37.5 Å². The van der Waals surface area contributed by atoms with Gasteiger partial charge < -0.3 is 20.3 Å². The zero-order chi connectivity index (χ0) is 17.6. The molecular formula is C18H20N4O3. The van der Waals surface area contributed by atoms with Gasteiger partial charge in [-0.3, -0.25) is 4.79 Å². The van der Waals surface area contributed by atoms with E-state index in [9.17, 15) is 9.59 Å². The molecule has 7 nitrogen and oxygen atoms in total. The summed E-state index contributed by atoms with van der Waals surface area (Å²) in [4.78, 5) is 30.0. The van der Waals surface area contributed by atoms with Crippen LogP contribution >= 0.6 is 0 Å². The highest BCUT2D eigenvalue weighted by Crippen LogP contribution is 2.20. The molecule has 2 N–H and O–H groups in total. The number of methoxy groups -OCH3 is 1. The van der Waals surface area contributed by atoms with Gasteiger partial charge in [0.15, 0.2) is 0 Å². The molecule has 0 bridgehead atoms. The Morgan fingerprint density at radius 1 is 1.28 bits per heavy atom. The SMILES string of the molecule is COc1ccc(CNC(=O)N[C@H]2CC(=O)N(c3ccccc3)C2)cn1. The number of benzene rings is 1. The molecule has 2 aromatic rings. The largest absolute Gasteiger partial charge is 0.481 e. The Morgan fingerprint density at radius 3 is 2.76 bits per heavy atom. The third kappa shape index (κ3) is 4.26. The molecule has 7 heteroatoms. The number of para-hydroxylation sites is 1. The average Bonchev–Trinajstić information content (AvgIpc) is 3.01. The van der Waals surface area contributed by atoms with Crippen molar-refractivity contribution >= 4 is 17.6 Å². The molecular weight excluding hydrogens is 320 g/mol. The lowest BCUT2D eigenvalue weighted by molar-refractivity contribution is -0.117. The van der Waals surface area contributed by atoms with Crippen molar-refractivity contribution in [3.05, 3.63) is 54.2 Å². The maximum atomic E-state index is 12.1. The third-order valence-electron chi connectivity index (χ3n) is 3.99. The van der Waals surface area contributed by atoms with E-state index < -0.39 is 0 Å². The molecule has 3 amide bonds. The van der Waals surface area contributed by atoms with E-state index in [0.29, 0.717) is 25.4 Å². The lowest BCUT2D eigenvalue weighted by Crippen LogP contribution is -2.43. The van der Waals surface area contributed by atoms with E-state index in [1.54, 1.807) is 24.3 Å². The molecule has 0 radical (unpaired) electrons. The Hall–Kier alpha value is -3.09. The van der Waals surface area contributed by atoms with Gasteiger partial charge in [0.1, 0.15) is 0 Å². The van der Waals surface area contributed by atoms with Gasteiger partial charge in [-0.2, -0.15) is 0 Å². The number of carbonyl (C=O) groups excluding carboxylic acids is 2. The summed E-state index contributed by atoms with van der Waals surface area (Å²) in [5.74, 6) is 0.537. The number of hydrogen-bond acceptors (Lipinski definition) is 4. The molecule has 1 saturated heterocycles. The Morgan fingerprint density at radius 2 is 2.08 bits per heavy atom. The molecule has 0 unspecified atom stereocenters. The Bertz CT molecular complexity index is 734. The molecule has 130 valence electrons. The van der Waals surface area contributed by atoms with Gasteiger partial charge in [-0.05, 0) is 17.7 Å². The van der Waals surface area contributed by atoms with E-state index in [4.69, 9.17) is 4.74 Å². The topological polar surface area (TPSA) is 83.6 Å². The number of urea groups is 1. The summed E-state index contributed by atoms with van der Waals surface area (Å²) in [5.41, 5.74) is 1.71. The normalized spacial score (nSPS) is 16.6. The fraction of sp³-hybridized carbons (Fsp3) is 0.278. The van der Waals surface area contributed by atoms with Crippen molar-refractivity contribution in [2.24, 2.45) is 0 Å². The van der Waals surface area contributed by atoms with Crippen LogP contribution in [0.2, 0.25) is 0 Å². The number of carbonyl (C=O) groups is 2. The second-order valence-electron chi connectivity index (χ2n) is 5.78. The second-order valence-corrected chi connectivity index (χ2v) is 5.78. The Labute approximate surface area is 146 Å². The summed E-state index contributed by atoms with van der Waals surface area (Å²) in [6, 6.07) is 12.5. The van der Waals surface area contributed by atoms with Crippen molar-refractivity contribution in [3.63, 3.8) is 0 Å². The first kappa shape index (κ1) is 16.8. The van der Waals surface area contributed by atoms with Crippen molar-refractivity contribution in [2.75, 3.05) is 18.6 Å². The lowest BCUT2D eigenvalue weighted by atomic mass is 10.2. The van der Waals surface area contributed by atoms with E-state index in [2.05, 4.69) is 15.6 Å². The summed E-state index contributed by atoms with van der Waals surface area (Å²) in [5, 5.41) is 5.62. The monoisotopic (exact) mass is 340 g/mol. The average molecular weight is 340 g/mol. The first-order chi connectivity index (χ1) is 12.2. The summed E-state index contributed by atoms with van der Waals surface area (Å²) in [6.45, 7) is 0.826. The van der Waals surface area contributed by atoms with Gasteiger partial charge in [0.25, 0.3) is 0 Å². The maximum absolute atomic E-state index is 12.1. The zero-order valence-corrected chi connectivity index (χ0v) is 13.9. The molecule has 0 spiro atoms. The van der Waals surface area contributed by atoms with E-state index in [1.807, 2.05) is 36.4 Å². The molecule has 1 fully saturated rings. The molecule has 1 aromatic heterocycles. The quantitative estimate of drug-likeness (QED) is 0.868. The zero-order valence-electron chi connectivity index (χ0n) is 13.9. The van der Waals surface area contributed by atoms with Gasteiger partial charge in [0.2, 0.25) is 11.8 Å². The van der Waals surface area contributed by atoms with Crippen LogP contribution in [0, 0.1) is 0 Å². The second kappa shape index (κ2) is 7.65. The number of pyridine rings is 1.